The molecule has 6 rings (SSSR count). The van der Waals surface area contributed by atoms with Crippen LogP contribution >= 0.6 is 0 Å². The van der Waals surface area contributed by atoms with E-state index in [1.54, 1.807) is 36.5 Å². The second-order valence-corrected chi connectivity index (χ2v) is 20.1. The molecule has 372 valence electrons. The number of benzene rings is 4. The minimum absolute atomic E-state index is 0.0307. The molecule has 0 spiro atoms. The van der Waals surface area contributed by atoms with E-state index in [0.29, 0.717) is 71.8 Å². The van der Waals surface area contributed by atoms with Gasteiger partial charge >= 0.3 is 11.9 Å². The van der Waals surface area contributed by atoms with Crippen LogP contribution in [0, 0.1) is 0 Å². The Balaban J connectivity index is 1.27. The van der Waals surface area contributed by atoms with Crippen LogP contribution in [0.25, 0.3) is 32.3 Å². The first-order valence-corrected chi connectivity index (χ1v) is 25.0. The van der Waals surface area contributed by atoms with Crippen molar-refractivity contribution in [2.24, 2.45) is 0 Å². The van der Waals surface area contributed by atoms with Crippen LogP contribution in [0.3, 0.4) is 0 Å². The number of sulfonamides is 2. The van der Waals surface area contributed by atoms with Crippen molar-refractivity contribution in [1.29, 1.82) is 0 Å². The summed E-state index contributed by atoms with van der Waals surface area (Å²) < 4.78 is 83.6. The van der Waals surface area contributed by atoms with Crippen LogP contribution in [0.1, 0.15) is 25.0 Å². The SMILES string of the molecule is CN(CCCNC(CC1=CNCN1)C(=O)O)S(=O)(=O)c1cc(S(=O)(=O)N(C)CCCNC(Cc2cnc[nH]2)C(=O)O)c2ccc3c(OCCOCCOCCOCCO)cc(N)c4ccc1c2c43. The average molecular weight is 988 g/mol. The quantitative estimate of drug-likeness (QED) is 0.0165. The largest absolute Gasteiger partial charge is 0.490 e. The van der Waals surface area contributed by atoms with Crippen LogP contribution in [0.2, 0.25) is 0 Å². The molecule has 1 aliphatic rings. The third-order valence-corrected chi connectivity index (χ3v) is 15.2. The maximum absolute atomic E-state index is 14.7. The highest BCUT2D eigenvalue weighted by atomic mass is 32.2. The molecule has 0 fully saturated rings. The van der Waals surface area contributed by atoms with Gasteiger partial charge in [-0.3, -0.25) is 9.59 Å². The number of aromatic nitrogens is 2. The lowest BCUT2D eigenvalue weighted by atomic mass is 9.93. The highest BCUT2D eigenvalue weighted by molar-refractivity contribution is 7.90. The van der Waals surface area contributed by atoms with Crippen molar-refractivity contribution in [3.05, 3.63) is 66.5 Å². The van der Waals surface area contributed by atoms with E-state index >= 15 is 0 Å². The van der Waals surface area contributed by atoms with Gasteiger partial charge in [0.25, 0.3) is 0 Å². The molecular weight excluding hydrogens is 927 g/mol. The van der Waals surface area contributed by atoms with Gasteiger partial charge in [0.1, 0.15) is 24.4 Å². The molecule has 0 radical (unpaired) electrons. The van der Waals surface area contributed by atoms with E-state index in [2.05, 4.69) is 31.2 Å². The van der Waals surface area contributed by atoms with Crippen molar-refractivity contribution in [2.45, 2.75) is 47.6 Å². The Labute approximate surface area is 394 Å². The number of carboxylic acids is 2. The van der Waals surface area contributed by atoms with Crippen molar-refractivity contribution in [2.75, 3.05) is 106 Å². The molecule has 2 heterocycles. The zero-order valence-corrected chi connectivity index (χ0v) is 39.7. The molecule has 5 aromatic rings. The van der Waals surface area contributed by atoms with Crippen LogP contribution in [-0.4, -0.2) is 175 Å². The van der Waals surface area contributed by atoms with Gasteiger partial charge in [-0.05, 0) is 38.1 Å². The summed E-state index contributed by atoms with van der Waals surface area (Å²) in [6.07, 6.45) is 5.47. The fourth-order valence-electron chi connectivity index (χ4n) is 7.87. The van der Waals surface area contributed by atoms with E-state index in [0.717, 1.165) is 14.3 Å². The normalized spacial score (nSPS) is 14.2. The van der Waals surface area contributed by atoms with E-state index in [4.69, 9.17) is 29.8 Å². The van der Waals surface area contributed by atoms with E-state index < -0.39 is 44.1 Å². The Morgan fingerprint density at radius 3 is 1.82 bits per heavy atom. The molecule has 0 saturated carbocycles. The highest BCUT2D eigenvalue weighted by Gasteiger charge is 2.32. The first-order valence-electron chi connectivity index (χ1n) is 22.1. The monoisotopic (exact) mass is 987 g/mol. The van der Waals surface area contributed by atoms with Crippen molar-refractivity contribution in [3.63, 3.8) is 0 Å². The Morgan fingerprint density at radius 2 is 1.29 bits per heavy atom. The van der Waals surface area contributed by atoms with Crippen LogP contribution in [-0.2, 0) is 50.3 Å². The third-order valence-electron chi connectivity index (χ3n) is 11.4. The number of aliphatic hydroxyl groups excluding tert-OH is 1. The summed E-state index contributed by atoms with van der Waals surface area (Å²) in [6, 6.07) is 7.62. The van der Waals surface area contributed by atoms with Gasteiger partial charge in [-0.25, -0.2) is 30.4 Å². The van der Waals surface area contributed by atoms with Crippen molar-refractivity contribution < 1.29 is 60.7 Å². The number of nitrogens with zero attached hydrogens (tertiary/aromatic N) is 3. The number of aliphatic hydroxyl groups is 1. The number of nitrogen functional groups attached to an aromatic ring is 1. The zero-order chi connectivity index (χ0) is 48.8. The third kappa shape index (κ3) is 12.8. The van der Waals surface area contributed by atoms with Gasteiger partial charge in [-0.1, -0.05) is 18.2 Å². The summed E-state index contributed by atoms with van der Waals surface area (Å²) in [5.74, 6) is -1.76. The fourth-order valence-corrected chi connectivity index (χ4v) is 10.8. The molecule has 10 N–H and O–H groups in total. The number of rotatable bonds is 32. The second kappa shape index (κ2) is 24.2. The fraction of sp³-hybridized carbons (Fsp3) is 0.477. The molecule has 68 heavy (non-hydrogen) atoms. The molecule has 2 atom stereocenters. The van der Waals surface area contributed by atoms with Crippen LogP contribution < -0.4 is 31.7 Å². The molecule has 0 saturated heterocycles. The van der Waals surface area contributed by atoms with Crippen LogP contribution in [0.5, 0.6) is 5.75 Å². The number of H-pyrrole nitrogens is 1. The molecule has 1 aliphatic heterocycles. The first-order chi connectivity index (χ1) is 32.6. The number of aliphatic carboxylic acids is 2. The topological polar surface area (TPSA) is 309 Å². The second-order valence-electron chi connectivity index (χ2n) is 16.1. The number of hydrogen-bond acceptors (Lipinski definition) is 17. The Bertz CT molecular complexity index is 2720. The number of nitrogens with two attached hydrogens (primary N) is 1. The summed E-state index contributed by atoms with van der Waals surface area (Å²) in [6.45, 7) is 2.56. The molecular formula is C44H61N9O13S2. The summed E-state index contributed by atoms with van der Waals surface area (Å²) in [5, 5.41) is 42.8. The molecule has 0 aliphatic carbocycles. The van der Waals surface area contributed by atoms with Gasteiger partial charge in [0.05, 0.1) is 69.0 Å². The predicted molar refractivity (Wildman–Crippen MR) is 253 cm³/mol. The Morgan fingerprint density at radius 1 is 0.765 bits per heavy atom. The Kier molecular flexibility index (Phi) is 18.5. The van der Waals surface area contributed by atoms with E-state index in [-0.39, 0.29) is 98.9 Å². The minimum atomic E-state index is -4.43. The van der Waals surface area contributed by atoms with Gasteiger partial charge in [-0.2, -0.15) is 0 Å². The number of carboxylic acid groups (broad SMARTS) is 2. The number of anilines is 1. The Hall–Kier alpha value is -5.41. The number of hydrogen-bond donors (Lipinski definition) is 9. The van der Waals surface area contributed by atoms with Crippen LogP contribution in [0.15, 0.2) is 70.6 Å². The summed E-state index contributed by atoms with van der Waals surface area (Å²) in [5.41, 5.74) is 8.29. The lowest BCUT2D eigenvalue weighted by molar-refractivity contribution is -0.140. The van der Waals surface area contributed by atoms with E-state index in [1.807, 2.05) is 0 Å². The molecule has 24 heteroatoms. The predicted octanol–water partition coefficient (Wildman–Crippen LogP) is 1.04. The van der Waals surface area contributed by atoms with E-state index in [1.165, 1.54) is 32.7 Å². The molecule has 0 amide bonds. The lowest BCUT2D eigenvalue weighted by Crippen LogP contribution is -2.40. The zero-order valence-electron chi connectivity index (χ0n) is 38.0. The standard InChI is InChI=1S/C44H61N9O13S2/c1-52(11-3-9-48-36(43(55)56)21-29-25-46-27-50-29)67(59,60)39-24-40(68(61,62)53(2)12-4-10-49-37(44(57)58)22-30-26-47-28-51-30)34-8-6-32-38(23-35(45)31-5-7-33(39)42(34)41(31)32)66-20-19-65-18-17-64-16-15-63-14-13-54/h5-8,23-26,28,36-37,46,48-50,54H,3-4,9-22,27,45H2,1-2H3,(H,47,51)(H,55,56)(H,57,58). The van der Waals surface area contributed by atoms with Gasteiger partial charge in [0.15, 0.2) is 0 Å². The van der Waals surface area contributed by atoms with Crippen molar-refractivity contribution in [3.8, 4) is 5.75 Å². The highest BCUT2D eigenvalue weighted by Crippen LogP contribution is 2.45. The smallest absolute Gasteiger partial charge is 0.321 e. The van der Waals surface area contributed by atoms with Gasteiger partial charge in [0.2, 0.25) is 20.0 Å². The molecule has 2 unspecified atom stereocenters. The van der Waals surface area contributed by atoms with E-state index in [9.17, 15) is 36.6 Å². The van der Waals surface area contributed by atoms with Gasteiger partial charge in [0, 0.05) is 108 Å². The summed E-state index contributed by atoms with van der Waals surface area (Å²) in [7, 11) is -6.08. The van der Waals surface area contributed by atoms with Crippen LogP contribution in [0.4, 0.5) is 5.69 Å². The van der Waals surface area contributed by atoms with Crippen molar-refractivity contribution in [1.82, 2.24) is 39.8 Å². The number of carbonyl (C=O) groups is 2. The van der Waals surface area contributed by atoms with Gasteiger partial charge in [-0.15, -0.1) is 0 Å². The molecule has 4 aromatic carbocycles. The number of imidazole rings is 1. The lowest BCUT2D eigenvalue weighted by Gasteiger charge is -2.24. The minimum Gasteiger partial charge on any atom is -0.490 e. The first kappa shape index (κ1) is 52.0. The number of ether oxygens (including phenoxy) is 4. The average Bonchev–Trinajstić information content (AvgIpc) is 4.04. The molecule has 0 bridgehead atoms. The maximum atomic E-state index is 14.7. The maximum Gasteiger partial charge on any atom is 0.321 e. The summed E-state index contributed by atoms with van der Waals surface area (Å²) >= 11 is 0. The van der Waals surface area contributed by atoms with Gasteiger partial charge < -0.3 is 66.3 Å². The molecule has 1 aromatic heterocycles. The number of nitrogens with one attached hydrogen (secondary N) is 5. The summed E-state index contributed by atoms with van der Waals surface area (Å²) in [4.78, 5) is 30.3. The molecule has 22 nitrogen and oxygen atoms in total. The van der Waals surface area contributed by atoms with Crippen molar-refractivity contribution >= 4 is 70.0 Å². The number of aromatic amines is 1.